The summed E-state index contributed by atoms with van der Waals surface area (Å²) in [6.45, 7) is 4.93. The van der Waals surface area contributed by atoms with Crippen LogP contribution in [0.25, 0.3) is 0 Å². The van der Waals surface area contributed by atoms with Crippen LogP contribution in [0.15, 0.2) is 35.2 Å². The summed E-state index contributed by atoms with van der Waals surface area (Å²) in [6.07, 6.45) is 1.61. The number of hydrogen-bond acceptors (Lipinski definition) is 4. The molecule has 0 aromatic heterocycles. The lowest BCUT2D eigenvalue weighted by molar-refractivity contribution is 0.102. The molecule has 2 aliphatic heterocycles. The van der Waals surface area contributed by atoms with Crippen molar-refractivity contribution in [1.29, 1.82) is 0 Å². The Morgan fingerprint density at radius 2 is 1.86 bits per heavy atom. The predicted octanol–water partition coefficient (Wildman–Crippen LogP) is 4.43. The van der Waals surface area contributed by atoms with Crippen LogP contribution >= 0.6 is 11.6 Å². The maximum absolute atomic E-state index is 13.1. The van der Waals surface area contributed by atoms with Crippen LogP contribution in [0.3, 0.4) is 0 Å². The number of ether oxygens (including phenoxy) is 1. The van der Waals surface area contributed by atoms with Crippen LogP contribution in [0.2, 0.25) is 5.02 Å². The Balaban J connectivity index is 1.76. The van der Waals surface area contributed by atoms with Crippen molar-refractivity contribution in [3.8, 4) is 11.5 Å². The first kappa shape index (κ1) is 19.2. The molecule has 0 radical (unpaired) electrons. The van der Waals surface area contributed by atoms with E-state index in [4.69, 9.17) is 16.3 Å². The zero-order chi connectivity index (χ0) is 20.1. The maximum Gasteiger partial charge on any atom is 0.259 e. The molecule has 1 amide bonds. The minimum atomic E-state index is -3.79. The van der Waals surface area contributed by atoms with Gasteiger partial charge in [0.25, 0.3) is 5.91 Å². The number of fused-ring (bicyclic) bond motifs is 2. The molecule has 8 heteroatoms. The van der Waals surface area contributed by atoms with Gasteiger partial charge >= 0.3 is 0 Å². The van der Waals surface area contributed by atoms with Gasteiger partial charge in [-0.2, -0.15) is 4.31 Å². The summed E-state index contributed by atoms with van der Waals surface area (Å²) >= 11 is 6.34. The molecule has 4 rings (SSSR count). The second-order valence-electron chi connectivity index (χ2n) is 7.42. The highest BCUT2D eigenvalue weighted by molar-refractivity contribution is 7.89. The molecule has 148 valence electrons. The van der Waals surface area contributed by atoms with Crippen molar-refractivity contribution < 1.29 is 17.9 Å². The molecule has 1 saturated heterocycles. The van der Waals surface area contributed by atoms with Crippen molar-refractivity contribution in [1.82, 2.24) is 4.31 Å². The van der Waals surface area contributed by atoms with Gasteiger partial charge in [0, 0.05) is 19.2 Å². The molecule has 2 heterocycles. The van der Waals surface area contributed by atoms with Crippen LogP contribution in [0.5, 0.6) is 11.5 Å². The van der Waals surface area contributed by atoms with Gasteiger partial charge in [-0.1, -0.05) is 24.6 Å². The predicted molar refractivity (Wildman–Crippen MR) is 108 cm³/mol. The highest BCUT2D eigenvalue weighted by atomic mass is 35.5. The van der Waals surface area contributed by atoms with E-state index in [9.17, 15) is 13.2 Å². The fraction of sp³-hybridized carbons (Fsp3) is 0.350. The maximum atomic E-state index is 13.1. The first-order valence-electron chi connectivity index (χ1n) is 9.19. The average molecular weight is 421 g/mol. The minimum absolute atomic E-state index is 0.0428. The second-order valence-corrected chi connectivity index (χ2v) is 9.73. The van der Waals surface area contributed by atoms with E-state index in [0.29, 0.717) is 30.4 Å². The first-order chi connectivity index (χ1) is 13.3. The Labute approximate surface area is 169 Å². The summed E-state index contributed by atoms with van der Waals surface area (Å²) in [4.78, 5) is 12.7. The van der Waals surface area contributed by atoms with Gasteiger partial charge in [0.1, 0.15) is 10.6 Å². The Hall–Kier alpha value is -2.09. The van der Waals surface area contributed by atoms with E-state index in [1.54, 1.807) is 12.1 Å². The molecule has 0 bridgehead atoms. The zero-order valence-electron chi connectivity index (χ0n) is 15.7. The van der Waals surface area contributed by atoms with Gasteiger partial charge < -0.3 is 10.1 Å². The Morgan fingerprint density at radius 1 is 1.14 bits per heavy atom. The van der Waals surface area contributed by atoms with Gasteiger partial charge in [-0.15, -0.1) is 0 Å². The first-order valence-corrected chi connectivity index (χ1v) is 11.0. The number of hydrogen-bond donors (Lipinski definition) is 1. The molecule has 2 aromatic rings. The van der Waals surface area contributed by atoms with E-state index in [-0.39, 0.29) is 21.2 Å². The van der Waals surface area contributed by atoms with Crippen LogP contribution < -0.4 is 10.1 Å². The normalized spacial score (nSPS) is 17.9. The molecule has 28 heavy (non-hydrogen) atoms. The van der Waals surface area contributed by atoms with Crippen molar-refractivity contribution in [2.75, 3.05) is 18.4 Å². The van der Waals surface area contributed by atoms with Crippen LogP contribution in [-0.4, -0.2) is 31.7 Å². The van der Waals surface area contributed by atoms with Crippen molar-refractivity contribution in [3.05, 3.63) is 46.5 Å². The minimum Gasteiger partial charge on any atom is -0.454 e. The number of carbonyl (C=O) groups is 1. The van der Waals surface area contributed by atoms with E-state index < -0.39 is 15.9 Å². The number of carbonyl (C=O) groups excluding carboxylic acids is 1. The van der Waals surface area contributed by atoms with E-state index in [2.05, 4.69) is 12.2 Å². The molecule has 2 aromatic carbocycles. The van der Waals surface area contributed by atoms with Crippen molar-refractivity contribution in [2.24, 2.45) is 5.92 Å². The number of halogens is 1. The summed E-state index contributed by atoms with van der Waals surface area (Å²) in [7, 11) is -3.79. The highest BCUT2D eigenvalue weighted by Crippen LogP contribution is 2.40. The molecule has 0 atom stereocenters. The number of anilines is 1. The van der Waals surface area contributed by atoms with E-state index >= 15 is 0 Å². The standard InChI is InChI=1S/C20H21ClN2O4S/c1-12-5-7-23(8-6-12)28(25,26)19-10-14-17(11-15(19)21)27-18-9-13(2)3-4-16(18)22-20(14)24/h3-4,9-12H,5-8H2,1-2H3,(H,22,24). The fourth-order valence-corrected chi connectivity index (χ4v) is 5.47. The smallest absolute Gasteiger partial charge is 0.259 e. The Bertz CT molecular complexity index is 1060. The summed E-state index contributed by atoms with van der Waals surface area (Å²) in [5.41, 5.74) is 1.64. The molecule has 1 N–H and O–H groups in total. The molecule has 0 spiro atoms. The molecule has 0 aliphatic carbocycles. The number of amides is 1. The topological polar surface area (TPSA) is 75.7 Å². The van der Waals surface area contributed by atoms with Crippen LogP contribution in [0, 0.1) is 12.8 Å². The molecule has 1 fully saturated rings. The Kier molecular flexibility index (Phi) is 4.85. The zero-order valence-corrected chi connectivity index (χ0v) is 17.2. The molecule has 6 nitrogen and oxygen atoms in total. The monoisotopic (exact) mass is 420 g/mol. The lowest BCUT2D eigenvalue weighted by atomic mass is 10.0. The number of rotatable bonds is 2. The molecular formula is C20H21ClN2O4S. The third-order valence-corrected chi connectivity index (χ3v) is 7.61. The third-order valence-electron chi connectivity index (χ3n) is 5.24. The fourth-order valence-electron chi connectivity index (χ4n) is 3.48. The number of sulfonamides is 1. The summed E-state index contributed by atoms with van der Waals surface area (Å²) < 4.78 is 33.6. The van der Waals surface area contributed by atoms with Gasteiger partial charge in [0.2, 0.25) is 10.0 Å². The molecule has 0 saturated carbocycles. The highest BCUT2D eigenvalue weighted by Gasteiger charge is 2.32. The van der Waals surface area contributed by atoms with Crippen LogP contribution in [-0.2, 0) is 10.0 Å². The summed E-state index contributed by atoms with van der Waals surface area (Å²) in [5, 5.41) is 2.82. The largest absolute Gasteiger partial charge is 0.454 e. The van der Waals surface area contributed by atoms with Gasteiger partial charge in [-0.3, -0.25) is 4.79 Å². The van der Waals surface area contributed by atoms with E-state index in [0.717, 1.165) is 18.4 Å². The van der Waals surface area contributed by atoms with Crippen molar-refractivity contribution in [2.45, 2.75) is 31.6 Å². The molecular weight excluding hydrogens is 400 g/mol. The average Bonchev–Trinajstić information content (AvgIpc) is 2.76. The third kappa shape index (κ3) is 3.38. The number of aryl methyl sites for hydroxylation is 1. The summed E-state index contributed by atoms with van der Waals surface area (Å²) in [5.74, 6) is 0.787. The number of nitrogens with one attached hydrogen (secondary N) is 1. The number of nitrogens with zero attached hydrogens (tertiary/aromatic N) is 1. The van der Waals surface area contributed by atoms with Gasteiger partial charge in [0.15, 0.2) is 5.75 Å². The van der Waals surface area contributed by atoms with Gasteiger partial charge in [-0.25, -0.2) is 8.42 Å². The second kappa shape index (κ2) is 7.06. The number of benzene rings is 2. The summed E-state index contributed by atoms with van der Waals surface area (Å²) in [6, 6.07) is 8.14. The van der Waals surface area contributed by atoms with Gasteiger partial charge in [-0.05, 0) is 49.4 Å². The quantitative estimate of drug-likeness (QED) is 0.779. The van der Waals surface area contributed by atoms with Crippen LogP contribution in [0.4, 0.5) is 5.69 Å². The van der Waals surface area contributed by atoms with E-state index in [1.165, 1.54) is 16.4 Å². The Morgan fingerprint density at radius 3 is 2.57 bits per heavy atom. The van der Waals surface area contributed by atoms with Crippen LogP contribution in [0.1, 0.15) is 35.7 Å². The molecule has 2 aliphatic rings. The van der Waals surface area contributed by atoms with E-state index in [1.807, 2.05) is 13.0 Å². The number of piperidine rings is 1. The molecule has 0 unspecified atom stereocenters. The SMILES string of the molecule is Cc1ccc2c(c1)Oc1cc(Cl)c(S(=O)(=O)N3CCC(C)CC3)cc1C(=O)N2. The van der Waals surface area contributed by atoms with Crippen molar-refractivity contribution >= 4 is 33.2 Å². The van der Waals surface area contributed by atoms with Gasteiger partial charge in [0.05, 0.1) is 16.3 Å². The lowest BCUT2D eigenvalue weighted by Gasteiger charge is -2.29. The lowest BCUT2D eigenvalue weighted by Crippen LogP contribution is -2.38. The van der Waals surface area contributed by atoms with Crippen molar-refractivity contribution in [3.63, 3.8) is 0 Å².